The van der Waals surface area contributed by atoms with Crippen molar-refractivity contribution in [2.75, 3.05) is 11.1 Å². The third-order valence-electron chi connectivity index (χ3n) is 4.15. The summed E-state index contributed by atoms with van der Waals surface area (Å²) in [7, 11) is 0. The van der Waals surface area contributed by atoms with Crippen LogP contribution >= 0.6 is 11.8 Å². The molecular weight excluding hydrogens is 368 g/mol. The topological polar surface area (TPSA) is 91.2 Å². The molecule has 1 fully saturated rings. The van der Waals surface area contributed by atoms with Gasteiger partial charge in [0.1, 0.15) is 0 Å². The summed E-state index contributed by atoms with van der Waals surface area (Å²) in [5.41, 5.74) is 0.339. The highest BCUT2D eigenvalue weighted by atomic mass is 32.2. The fourth-order valence-corrected chi connectivity index (χ4v) is 3.76. The zero-order valence-corrected chi connectivity index (χ0v) is 14.3. The molecule has 8 nitrogen and oxygen atoms in total. The van der Waals surface area contributed by atoms with Crippen molar-refractivity contribution in [2.24, 2.45) is 0 Å². The molecular formula is C15H15F2N5O3S. The van der Waals surface area contributed by atoms with Gasteiger partial charge in [-0.2, -0.15) is 0 Å². The second kappa shape index (κ2) is 6.71. The van der Waals surface area contributed by atoms with Crippen LogP contribution < -0.4 is 14.8 Å². The molecule has 0 spiro atoms. The second-order valence-electron chi connectivity index (χ2n) is 6.01. The van der Waals surface area contributed by atoms with Crippen molar-refractivity contribution in [3.63, 3.8) is 0 Å². The lowest BCUT2D eigenvalue weighted by atomic mass is 10.3. The zero-order chi connectivity index (χ0) is 18.1. The van der Waals surface area contributed by atoms with Gasteiger partial charge in [0.05, 0.1) is 11.8 Å². The van der Waals surface area contributed by atoms with E-state index in [0.717, 1.165) is 25.7 Å². The van der Waals surface area contributed by atoms with Crippen LogP contribution in [0, 0.1) is 0 Å². The SMILES string of the molecule is O=C(CSc1nnnn1C1CCCC1)Nc1ccc2c(c1)OC(F)(F)O2. The van der Waals surface area contributed by atoms with Crippen LogP contribution in [0.5, 0.6) is 11.5 Å². The van der Waals surface area contributed by atoms with Crippen molar-refractivity contribution in [2.45, 2.75) is 43.2 Å². The highest BCUT2D eigenvalue weighted by molar-refractivity contribution is 7.99. The Kier molecular flexibility index (Phi) is 4.39. The van der Waals surface area contributed by atoms with E-state index in [1.165, 1.54) is 30.0 Å². The minimum Gasteiger partial charge on any atom is -0.395 e. The Bertz CT molecular complexity index is 825. The van der Waals surface area contributed by atoms with Gasteiger partial charge in [-0.15, -0.1) is 13.9 Å². The Balaban J connectivity index is 1.35. The number of ether oxygens (including phenoxy) is 2. The lowest BCUT2D eigenvalue weighted by Crippen LogP contribution is -2.25. The van der Waals surface area contributed by atoms with E-state index in [1.54, 1.807) is 4.68 Å². The van der Waals surface area contributed by atoms with Gasteiger partial charge in [-0.3, -0.25) is 4.79 Å². The number of halogens is 2. The first-order chi connectivity index (χ1) is 12.5. The smallest absolute Gasteiger partial charge is 0.395 e. The van der Waals surface area contributed by atoms with E-state index < -0.39 is 6.29 Å². The predicted molar refractivity (Wildman–Crippen MR) is 87.3 cm³/mol. The minimum absolute atomic E-state index is 0.0712. The molecule has 1 N–H and O–H groups in total. The first kappa shape index (κ1) is 17.0. The quantitative estimate of drug-likeness (QED) is 0.794. The monoisotopic (exact) mass is 383 g/mol. The maximum atomic E-state index is 13.0. The molecule has 0 unspecified atom stereocenters. The molecule has 0 atom stereocenters. The Hall–Kier alpha value is -2.43. The van der Waals surface area contributed by atoms with Crippen molar-refractivity contribution < 1.29 is 23.0 Å². The van der Waals surface area contributed by atoms with Gasteiger partial charge in [-0.25, -0.2) is 4.68 Å². The van der Waals surface area contributed by atoms with Gasteiger partial charge in [0, 0.05) is 11.8 Å². The van der Waals surface area contributed by atoms with Crippen molar-refractivity contribution in [3.8, 4) is 11.5 Å². The van der Waals surface area contributed by atoms with Crippen molar-refractivity contribution >= 4 is 23.4 Å². The molecule has 1 aliphatic heterocycles. The largest absolute Gasteiger partial charge is 0.586 e. The van der Waals surface area contributed by atoms with Crippen LogP contribution in [0.2, 0.25) is 0 Å². The summed E-state index contributed by atoms with van der Waals surface area (Å²) in [6, 6.07) is 4.36. The molecule has 0 bridgehead atoms. The molecule has 2 aromatic rings. The summed E-state index contributed by atoms with van der Waals surface area (Å²) in [4.78, 5) is 12.1. The third-order valence-corrected chi connectivity index (χ3v) is 5.08. The number of rotatable bonds is 5. The van der Waals surface area contributed by atoms with Crippen LogP contribution in [0.25, 0.3) is 0 Å². The number of hydrogen-bond acceptors (Lipinski definition) is 7. The lowest BCUT2D eigenvalue weighted by Gasteiger charge is -2.10. The van der Waals surface area contributed by atoms with Crippen molar-refractivity contribution in [3.05, 3.63) is 18.2 Å². The summed E-state index contributed by atoms with van der Waals surface area (Å²) < 4.78 is 36.5. The van der Waals surface area contributed by atoms with E-state index in [4.69, 9.17) is 0 Å². The number of alkyl halides is 2. The van der Waals surface area contributed by atoms with Crippen LogP contribution in [0.1, 0.15) is 31.7 Å². The summed E-state index contributed by atoms with van der Waals surface area (Å²) >= 11 is 1.23. The molecule has 1 aromatic heterocycles. The number of benzene rings is 1. The van der Waals surface area contributed by atoms with Crippen molar-refractivity contribution in [1.29, 1.82) is 0 Å². The van der Waals surface area contributed by atoms with Crippen LogP contribution in [-0.2, 0) is 4.79 Å². The number of hydrogen-bond donors (Lipinski definition) is 1. The molecule has 1 aliphatic carbocycles. The summed E-state index contributed by atoms with van der Waals surface area (Å²) in [6.07, 6.45) is 0.688. The maximum absolute atomic E-state index is 13.0. The van der Waals surface area contributed by atoms with E-state index in [1.807, 2.05) is 0 Å². The predicted octanol–water partition coefficient (Wildman–Crippen LogP) is 2.84. The Morgan fingerprint density at radius 2 is 2.08 bits per heavy atom. The number of carbonyl (C=O) groups excluding carboxylic acids is 1. The summed E-state index contributed by atoms with van der Waals surface area (Å²) in [5, 5.41) is 14.9. The van der Waals surface area contributed by atoms with Gasteiger partial charge in [0.25, 0.3) is 0 Å². The molecule has 1 amide bonds. The molecule has 138 valence electrons. The number of aromatic nitrogens is 4. The standard InChI is InChI=1S/C15H15F2N5O3S/c16-15(17)24-11-6-5-9(7-12(11)25-15)18-13(23)8-26-14-19-20-21-22(14)10-3-1-2-4-10/h5-7,10H,1-4,8H2,(H,18,23). The maximum Gasteiger partial charge on any atom is 0.586 e. The lowest BCUT2D eigenvalue weighted by molar-refractivity contribution is -0.286. The Morgan fingerprint density at radius 1 is 1.31 bits per heavy atom. The average molecular weight is 383 g/mol. The van der Waals surface area contributed by atoms with Crippen molar-refractivity contribution in [1.82, 2.24) is 20.2 Å². The normalized spacial score (nSPS) is 18.2. The van der Waals surface area contributed by atoms with E-state index in [2.05, 4.69) is 30.3 Å². The number of tetrazole rings is 1. The fourth-order valence-electron chi connectivity index (χ4n) is 3.01. The molecule has 11 heteroatoms. The second-order valence-corrected chi connectivity index (χ2v) is 6.95. The van der Waals surface area contributed by atoms with E-state index in [-0.39, 0.29) is 29.2 Å². The third kappa shape index (κ3) is 3.57. The van der Waals surface area contributed by atoms with Crippen LogP contribution in [0.15, 0.2) is 23.4 Å². The van der Waals surface area contributed by atoms with Gasteiger partial charge in [0.2, 0.25) is 11.1 Å². The van der Waals surface area contributed by atoms with Gasteiger partial charge in [-0.05, 0) is 35.4 Å². The molecule has 1 saturated carbocycles. The highest BCUT2D eigenvalue weighted by Gasteiger charge is 2.43. The number of amides is 1. The Morgan fingerprint density at radius 3 is 2.88 bits per heavy atom. The first-order valence-corrected chi connectivity index (χ1v) is 9.09. The van der Waals surface area contributed by atoms with Gasteiger partial charge < -0.3 is 14.8 Å². The summed E-state index contributed by atoms with van der Waals surface area (Å²) in [6.45, 7) is 0. The van der Waals surface area contributed by atoms with Crippen LogP contribution in [0.3, 0.4) is 0 Å². The zero-order valence-electron chi connectivity index (χ0n) is 13.5. The highest BCUT2D eigenvalue weighted by Crippen LogP contribution is 2.42. The molecule has 26 heavy (non-hydrogen) atoms. The molecule has 0 radical (unpaired) electrons. The van der Waals surface area contributed by atoms with Gasteiger partial charge >= 0.3 is 6.29 Å². The molecule has 2 heterocycles. The number of nitrogens with one attached hydrogen (secondary N) is 1. The average Bonchev–Trinajstić information content (AvgIpc) is 3.30. The first-order valence-electron chi connectivity index (χ1n) is 8.10. The number of nitrogens with zero attached hydrogens (tertiary/aromatic N) is 4. The number of carbonyl (C=O) groups is 1. The molecule has 4 rings (SSSR count). The van der Waals surface area contributed by atoms with E-state index >= 15 is 0 Å². The fraction of sp³-hybridized carbons (Fsp3) is 0.467. The number of thioether (sulfide) groups is 1. The minimum atomic E-state index is -3.68. The van der Waals surface area contributed by atoms with Gasteiger partial charge in [0.15, 0.2) is 11.5 Å². The van der Waals surface area contributed by atoms with Crippen LogP contribution in [0.4, 0.5) is 14.5 Å². The molecule has 1 aromatic carbocycles. The van der Waals surface area contributed by atoms with Gasteiger partial charge in [-0.1, -0.05) is 24.6 Å². The molecule has 2 aliphatic rings. The molecule has 0 saturated heterocycles. The Labute approximate surface area is 151 Å². The van der Waals surface area contributed by atoms with Crippen LogP contribution in [-0.4, -0.2) is 38.2 Å². The van der Waals surface area contributed by atoms with E-state index in [9.17, 15) is 13.6 Å². The summed E-state index contributed by atoms with van der Waals surface area (Å²) in [5.74, 6) is -0.400. The number of anilines is 1. The number of fused-ring (bicyclic) bond motifs is 1. The van der Waals surface area contributed by atoms with E-state index in [0.29, 0.717) is 10.8 Å².